The first-order valence-corrected chi connectivity index (χ1v) is 8.92. The summed E-state index contributed by atoms with van der Waals surface area (Å²) >= 11 is 0. The zero-order valence-electron chi connectivity index (χ0n) is 14.5. The second kappa shape index (κ2) is 6.94. The monoisotopic (exact) mass is 362 g/mol. The van der Waals surface area contributed by atoms with E-state index >= 15 is 0 Å². The molecule has 4 amide bonds. The smallest absolute Gasteiger partial charge is 0.326 e. The maximum absolute atomic E-state index is 12.4. The fraction of sp³-hybridized carbons (Fsp3) is 0.706. The van der Waals surface area contributed by atoms with Crippen molar-refractivity contribution >= 4 is 23.8 Å². The molecule has 2 aliphatic carbocycles. The van der Waals surface area contributed by atoms with Gasteiger partial charge in [0.2, 0.25) is 0 Å². The first-order chi connectivity index (χ1) is 12.4. The van der Waals surface area contributed by atoms with Gasteiger partial charge in [-0.3, -0.25) is 19.3 Å². The van der Waals surface area contributed by atoms with Crippen LogP contribution < -0.4 is 10.6 Å². The molecule has 1 aliphatic heterocycles. The summed E-state index contributed by atoms with van der Waals surface area (Å²) in [5, 5.41) is 14.5. The largest absolute Gasteiger partial charge is 0.454 e. The lowest BCUT2D eigenvalue weighted by Crippen LogP contribution is -2.47. The number of nitriles is 1. The van der Waals surface area contributed by atoms with Crippen LogP contribution in [-0.4, -0.2) is 52.9 Å². The van der Waals surface area contributed by atoms with E-state index in [1.165, 1.54) is 0 Å². The van der Waals surface area contributed by atoms with Crippen molar-refractivity contribution in [3.8, 4) is 6.07 Å². The van der Waals surface area contributed by atoms with Crippen molar-refractivity contribution in [1.82, 2.24) is 15.5 Å². The zero-order valence-corrected chi connectivity index (χ0v) is 14.5. The lowest BCUT2D eigenvalue weighted by atomic mass is 9.98. The predicted octanol–water partition coefficient (Wildman–Crippen LogP) is 0.347. The van der Waals surface area contributed by atoms with Crippen LogP contribution in [0.1, 0.15) is 51.4 Å². The van der Waals surface area contributed by atoms with Gasteiger partial charge in [0.05, 0.1) is 6.07 Å². The van der Waals surface area contributed by atoms with Crippen LogP contribution in [-0.2, 0) is 19.1 Å². The number of urea groups is 1. The van der Waals surface area contributed by atoms with Gasteiger partial charge in [-0.05, 0) is 38.5 Å². The molecule has 0 aromatic heterocycles. The Morgan fingerprint density at radius 2 is 1.77 bits per heavy atom. The molecule has 3 fully saturated rings. The van der Waals surface area contributed by atoms with Gasteiger partial charge in [0, 0.05) is 0 Å². The Balaban J connectivity index is 1.48. The quantitative estimate of drug-likeness (QED) is 0.536. The van der Waals surface area contributed by atoms with Gasteiger partial charge in [0.1, 0.15) is 17.6 Å². The number of imide groups is 1. The predicted molar refractivity (Wildman–Crippen MR) is 87.4 cm³/mol. The fourth-order valence-electron chi connectivity index (χ4n) is 4.00. The molecule has 1 spiro atoms. The third kappa shape index (κ3) is 3.36. The molecule has 2 N–H and O–H groups in total. The van der Waals surface area contributed by atoms with Crippen molar-refractivity contribution < 1.29 is 23.9 Å². The van der Waals surface area contributed by atoms with E-state index in [0.717, 1.165) is 30.6 Å². The van der Waals surface area contributed by atoms with Gasteiger partial charge in [0.25, 0.3) is 11.8 Å². The summed E-state index contributed by atoms with van der Waals surface area (Å²) in [6, 6.07) is 1.51. The molecule has 9 heteroatoms. The molecule has 0 unspecified atom stereocenters. The number of carbonyl (C=O) groups excluding carboxylic acids is 4. The summed E-state index contributed by atoms with van der Waals surface area (Å²) in [5.41, 5.74) is -1.76. The Labute approximate surface area is 151 Å². The summed E-state index contributed by atoms with van der Waals surface area (Å²) < 4.78 is 4.88. The SMILES string of the molecule is N#CC1(NC(=O)COC(=O)CN2C(=O)NC3(CCCC3)C2=O)CCCC1. The highest BCUT2D eigenvalue weighted by atomic mass is 16.5. The Kier molecular flexibility index (Phi) is 4.85. The first kappa shape index (κ1) is 18.2. The van der Waals surface area contributed by atoms with Crippen LogP contribution in [0.2, 0.25) is 0 Å². The molecule has 9 nitrogen and oxygen atoms in total. The van der Waals surface area contributed by atoms with E-state index in [2.05, 4.69) is 16.7 Å². The summed E-state index contributed by atoms with van der Waals surface area (Å²) in [6.45, 7) is -1.07. The maximum Gasteiger partial charge on any atom is 0.326 e. The summed E-state index contributed by atoms with van der Waals surface area (Å²) in [6.07, 6.45) is 5.73. The molecule has 0 aromatic rings. The van der Waals surface area contributed by atoms with Gasteiger partial charge in [-0.1, -0.05) is 12.8 Å². The van der Waals surface area contributed by atoms with Crippen LogP contribution in [0, 0.1) is 11.3 Å². The van der Waals surface area contributed by atoms with E-state index in [4.69, 9.17) is 4.74 Å². The maximum atomic E-state index is 12.4. The molecule has 26 heavy (non-hydrogen) atoms. The average molecular weight is 362 g/mol. The number of ether oxygens (including phenoxy) is 1. The molecule has 0 aromatic carbocycles. The average Bonchev–Trinajstić information content (AvgIpc) is 3.32. The highest BCUT2D eigenvalue weighted by molar-refractivity contribution is 6.08. The number of rotatable bonds is 5. The second-order valence-electron chi connectivity index (χ2n) is 7.22. The van der Waals surface area contributed by atoms with E-state index in [0.29, 0.717) is 25.7 Å². The summed E-state index contributed by atoms with van der Waals surface area (Å²) in [5.74, 6) is -1.81. The summed E-state index contributed by atoms with van der Waals surface area (Å²) in [7, 11) is 0. The standard InChI is InChI=1S/C17H22N4O5/c18-11-16(5-1-2-6-16)19-12(22)10-26-13(23)9-21-14(24)17(20-15(21)25)7-3-4-8-17/h1-10H2,(H,19,22)(H,20,25). The molecule has 3 rings (SSSR count). The van der Waals surface area contributed by atoms with E-state index < -0.39 is 48.0 Å². The third-order valence-corrected chi connectivity index (χ3v) is 5.40. The molecule has 0 bridgehead atoms. The first-order valence-electron chi connectivity index (χ1n) is 8.92. The van der Waals surface area contributed by atoms with Gasteiger partial charge < -0.3 is 15.4 Å². The van der Waals surface area contributed by atoms with E-state index in [9.17, 15) is 24.4 Å². The van der Waals surface area contributed by atoms with Gasteiger partial charge in [-0.15, -0.1) is 0 Å². The molecule has 2 saturated carbocycles. The van der Waals surface area contributed by atoms with Gasteiger partial charge in [-0.25, -0.2) is 4.79 Å². The minimum absolute atomic E-state index is 0.407. The minimum atomic E-state index is -0.886. The number of hydrogen-bond donors (Lipinski definition) is 2. The molecule has 1 heterocycles. The van der Waals surface area contributed by atoms with Crippen molar-refractivity contribution in [3.05, 3.63) is 0 Å². The Morgan fingerprint density at radius 1 is 1.15 bits per heavy atom. The second-order valence-corrected chi connectivity index (χ2v) is 7.22. The number of amides is 4. The van der Waals surface area contributed by atoms with Gasteiger partial charge >= 0.3 is 12.0 Å². The minimum Gasteiger partial charge on any atom is -0.454 e. The van der Waals surface area contributed by atoms with Gasteiger partial charge in [-0.2, -0.15) is 5.26 Å². The normalized spacial score (nSPS) is 23.0. The van der Waals surface area contributed by atoms with Crippen LogP contribution in [0.3, 0.4) is 0 Å². The van der Waals surface area contributed by atoms with Crippen molar-refractivity contribution in [2.24, 2.45) is 0 Å². The highest BCUT2D eigenvalue weighted by Gasteiger charge is 2.52. The molecule has 1 saturated heterocycles. The molecule has 3 aliphatic rings. The van der Waals surface area contributed by atoms with Crippen LogP contribution in [0.25, 0.3) is 0 Å². The Bertz CT molecular complexity index is 671. The van der Waals surface area contributed by atoms with Crippen molar-refractivity contribution in [1.29, 1.82) is 5.26 Å². The molecule has 0 atom stereocenters. The van der Waals surface area contributed by atoms with Crippen LogP contribution >= 0.6 is 0 Å². The van der Waals surface area contributed by atoms with E-state index in [-0.39, 0.29) is 0 Å². The van der Waals surface area contributed by atoms with Crippen LogP contribution in [0.5, 0.6) is 0 Å². The van der Waals surface area contributed by atoms with Crippen LogP contribution in [0.4, 0.5) is 4.79 Å². The summed E-state index contributed by atoms with van der Waals surface area (Å²) in [4.78, 5) is 49.2. The molecule has 140 valence electrons. The number of hydrogen-bond acceptors (Lipinski definition) is 6. The molecular weight excluding hydrogens is 340 g/mol. The zero-order chi connectivity index (χ0) is 18.8. The fourth-order valence-corrected chi connectivity index (χ4v) is 4.00. The van der Waals surface area contributed by atoms with Crippen LogP contribution in [0.15, 0.2) is 0 Å². The number of nitrogens with one attached hydrogen (secondary N) is 2. The van der Waals surface area contributed by atoms with Crippen molar-refractivity contribution in [3.63, 3.8) is 0 Å². The van der Waals surface area contributed by atoms with E-state index in [1.807, 2.05) is 0 Å². The highest BCUT2D eigenvalue weighted by Crippen LogP contribution is 2.35. The lowest BCUT2D eigenvalue weighted by molar-refractivity contribution is -0.151. The Hall–Kier alpha value is -2.63. The number of nitrogens with zero attached hydrogens (tertiary/aromatic N) is 2. The third-order valence-electron chi connectivity index (χ3n) is 5.40. The molecular formula is C17H22N4O5. The lowest BCUT2D eigenvalue weighted by Gasteiger charge is -2.22. The number of esters is 1. The Morgan fingerprint density at radius 3 is 2.38 bits per heavy atom. The van der Waals surface area contributed by atoms with Crippen molar-refractivity contribution in [2.75, 3.05) is 13.2 Å². The number of carbonyl (C=O) groups is 4. The van der Waals surface area contributed by atoms with Gasteiger partial charge in [0.15, 0.2) is 6.61 Å². The topological polar surface area (TPSA) is 129 Å². The van der Waals surface area contributed by atoms with Crippen molar-refractivity contribution in [2.45, 2.75) is 62.4 Å². The van der Waals surface area contributed by atoms with E-state index in [1.54, 1.807) is 0 Å². The molecule has 0 radical (unpaired) electrons.